The fraction of sp³-hybridized carbons (Fsp3) is 0.350. The Labute approximate surface area is 151 Å². The van der Waals surface area contributed by atoms with Crippen LogP contribution in [0.2, 0.25) is 0 Å². The van der Waals surface area contributed by atoms with E-state index in [9.17, 15) is 14.9 Å². The second-order valence-electron chi connectivity index (χ2n) is 6.91. The van der Waals surface area contributed by atoms with Crippen LogP contribution in [-0.4, -0.2) is 23.9 Å². The van der Waals surface area contributed by atoms with Crippen molar-refractivity contribution in [3.8, 4) is 5.75 Å². The molecule has 0 radical (unpaired) electrons. The number of methoxy groups -OCH3 is 1. The van der Waals surface area contributed by atoms with Gasteiger partial charge in [-0.2, -0.15) is 0 Å². The summed E-state index contributed by atoms with van der Waals surface area (Å²) >= 11 is 0. The highest BCUT2D eigenvalue weighted by Crippen LogP contribution is 2.48. The highest BCUT2D eigenvalue weighted by Gasteiger charge is 2.47. The van der Waals surface area contributed by atoms with Gasteiger partial charge in [-0.05, 0) is 42.7 Å². The van der Waals surface area contributed by atoms with Gasteiger partial charge in [-0.3, -0.25) is 14.9 Å². The van der Waals surface area contributed by atoms with Crippen LogP contribution >= 0.6 is 0 Å². The van der Waals surface area contributed by atoms with Crippen LogP contribution in [0.25, 0.3) is 0 Å². The number of anilines is 1. The molecule has 3 fully saturated rings. The molecule has 0 N–H and O–H groups in total. The van der Waals surface area contributed by atoms with E-state index in [4.69, 9.17) is 4.74 Å². The molecule has 0 spiro atoms. The first kappa shape index (κ1) is 16.6. The van der Waals surface area contributed by atoms with Crippen molar-refractivity contribution in [1.82, 2.24) is 0 Å². The Bertz CT molecular complexity index is 832. The third kappa shape index (κ3) is 2.71. The molecular formula is C20H20N2O4. The van der Waals surface area contributed by atoms with Crippen molar-refractivity contribution < 1.29 is 14.5 Å². The van der Waals surface area contributed by atoms with Gasteiger partial charge in [-0.15, -0.1) is 0 Å². The predicted octanol–water partition coefficient (Wildman–Crippen LogP) is 3.90. The summed E-state index contributed by atoms with van der Waals surface area (Å²) < 4.78 is 5.25. The van der Waals surface area contributed by atoms with E-state index in [0.29, 0.717) is 12.2 Å². The molecule has 0 amide bonds. The zero-order valence-corrected chi connectivity index (χ0v) is 14.5. The number of ether oxygens (including phenoxy) is 1. The lowest BCUT2D eigenvalue weighted by molar-refractivity contribution is -0.384. The lowest BCUT2D eigenvalue weighted by atomic mass is 9.71. The number of nitrogens with zero attached hydrogens (tertiary/aromatic N) is 2. The van der Waals surface area contributed by atoms with Gasteiger partial charge >= 0.3 is 0 Å². The minimum absolute atomic E-state index is 0.0662. The van der Waals surface area contributed by atoms with E-state index in [1.807, 2.05) is 24.3 Å². The average molecular weight is 352 g/mol. The van der Waals surface area contributed by atoms with Gasteiger partial charge in [-0.1, -0.05) is 12.1 Å². The summed E-state index contributed by atoms with van der Waals surface area (Å²) in [6, 6.07) is 14.6. The van der Waals surface area contributed by atoms with Crippen LogP contribution in [0, 0.1) is 16.0 Å². The van der Waals surface area contributed by atoms with Crippen molar-refractivity contribution in [2.75, 3.05) is 12.0 Å². The summed E-state index contributed by atoms with van der Waals surface area (Å²) in [6.07, 6.45) is 2.43. The Morgan fingerprint density at radius 1 is 1.08 bits per heavy atom. The molecule has 2 aliphatic heterocycles. The molecule has 5 rings (SSSR count). The second kappa shape index (κ2) is 6.44. The molecule has 1 saturated carbocycles. The molecule has 2 aromatic carbocycles. The number of non-ortho nitro benzene ring substituents is 1. The van der Waals surface area contributed by atoms with Crippen molar-refractivity contribution in [3.63, 3.8) is 0 Å². The summed E-state index contributed by atoms with van der Waals surface area (Å²) in [5.74, 6) is 1.02. The van der Waals surface area contributed by atoms with Crippen LogP contribution in [0.3, 0.4) is 0 Å². The molecule has 2 saturated heterocycles. The van der Waals surface area contributed by atoms with E-state index in [1.54, 1.807) is 19.2 Å². The van der Waals surface area contributed by atoms with Crippen molar-refractivity contribution in [1.29, 1.82) is 0 Å². The molecule has 134 valence electrons. The topological polar surface area (TPSA) is 72.7 Å². The van der Waals surface area contributed by atoms with Crippen LogP contribution < -0.4 is 9.64 Å². The Morgan fingerprint density at radius 2 is 1.77 bits per heavy atom. The normalized spacial score (nSPS) is 24.6. The van der Waals surface area contributed by atoms with E-state index in [2.05, 4.69) is 4.90 Å². The molecular weight excluding hydrogens is 332 g/mol. The number of nitro benzene ring substituents is 1. The lowest BCUT2D eigenvalue weighted by Gasteiger charge is -2.52. The Morgan fingerprint density at radius 3 is 2.35 bits per heavy atom. The summed E-state index contributed by atoms with van der Waals surface area (Å²) in [4.78, 5) is 25.4. The van der Waals surface area contributed by atoms with Crippen molar-refractivity contribution in [2.24, 2.45) is 5.92 Å². The number of ketones is 1. The molecule has 6 nitrogen and oxygen atoms in total. The van der Waals surface area contributed by atoms with Gasteiger partial charge in [0.15, 0.2) is 0 Å². The number of hydrogen-bond acceptors (Lipinski definition) is 5. The molecule has 2 aromatic rings. The maximum atomic E-state index is 12.5. The van der Waals surface area contributed by atoms with Gasteiger partial charge in [0.25, 0.3) is 5.69 Å². The fourth-order valence-electron chi connectivity index (χ4n) is 4.32. The molecule has 0 unspecified atom stereocenters. The minimum Gasteiger partial charge on any atom is -0.497 e. The smallest absolute Gasteiger partial charge is 0.269 e. The number of carbonyl (C=O) groups excluding carboxylic acids is 1. The summed E-state index contributed by atoms with van der Waals surface area (Å²) in [5, 5.41) is 10.9. The van der Waals surface area contributed by atoms with Crippen LogP contribution in [-0.2, 0) is 4.79 Å². The van der Waals surface area contributed by atoms with Gasteiger partial charge in [0, 0.05) is 36.2 Å². The van der Waals surface area contributed by atoms with E-state index in [-0.39, 0.29) is 23.7 Å². The monoisotopic (exact) mass is 352 g/mol. The number of hydrogen-bond donors (Lipinski definition) is 0. The SMILES string of the molecule is COc1ccc(N2[C@H]3CC[C@H](C(=O)C3)[C@@H]2c2ccc([N+](=O)[O-])cc2)cc1. The van der Waals surface area contributed by atoms with E-state index >= 15 is 0 Å². The first-order valence-corrected chi connectivity index (χ1v) is 8.78. The summed E-state index contributed by atoms with van der Waals surface area (Å²) in [7, 11) is 1.64. The zero-order valence-electron chi connectivity index (χ0n) is 14.5. The predicted molar refractivity (Wildman–Crippen MR) is 97.4 cm³/mol. The third-order valence-electron chi connectivity index (χ3n) is 5.55. The quantitative estimate of drug-likeness (QED) is 0.616. The Balaban J connectivity index is 1.74. The van der Waals surface area contributed by atoms with E-state index < -0.39 is 4.92 Å². The van der Waals surface area contributed by atoms with Crippen molar-refractivity contribution in [3.05, 3.63) is 64.2 Å². The highest BCUT2D eigenvalue weighted by molar-refractivity contribution is 5.86. The molecule has 0 aromatic heterocycles. The summed E-state index contributed by atoms with van der Waals surface area (Å²) in [6.45, 7) is 0. The third-order valence-corrected chi connectivity index (χ3v) is 5.55. The van der Waals surface area contributed by atoms with Crippen molar-refractivity contribution >= 4 is 17.2 Å². The molecule has 1 aliphatic carbocycles. The van der Waals surface area contributed by atoms with Gasteiger partial charge in [-0.25, -0.2) is 0 Å². The number of nitro groups is 1. The Kier molecular flexibility index (Phi) is 4.11. The van der Waals surface area contributed by atoms with E-state index in [1.165, 1.54) is 12.1 Å². The fourth-order valence-corrected chi connectivity index (χ4v) is 4.32. The molecule has 2 bridgehead atoms. The lowest BCUT2D eigenvalue weighted by Crippen LogP contribution is -2.54. The standard InChI is InChI=1S/C20H20N2O4/c1-26-17-9-6-14(7-10-17)21-16-8-11-18(19(23)12-16)20(21)13-2-4-15(5-3-13)22(24)25/h2-7,9-10,16,18,20H,8,11-12H2,1H3/t16-,18+,20-/m0/s1. The number of benzene rings is 2. The number of fused-ring (bicyclic) bond motifs is 3. The maximum absolute atomic E-state index is 12.5. The first-order chi connectivity index (χ1) is 12.6. The Hall–Kier alpha value is -2.89. The zero-order chi connectivity index (χ0) is 18.3. The molecule has 26 heavy (non-hydrogen) atoms. The minimum atomic E-state index is -0.400. The average Bonchev–Trinajstić information content (AvgIpc) is 2.68. The van der Waals surface area contributed by atoms with Crippen LogP contribution in [0.15, 0.2) is 48.5 Å². The van der Waals surface area contributed by atoms with Gasteiger partial charge in [0.1, 0.15) is 11.5 Å². The highest BCUT2D eigenvalue weighted by atomic mass is 16.6. The largest absolute Gasteiger partial charge is 0.497 e. The van der Waals surface area contributed by atoms with Gasteiger partial charge < -0.3 is 9.64 Å². The number of rotatable bonds is 4. The van der Waals surface area contributed by atoms with Crippen molar-refractivity contribution in [2.45, 2.75) is 31.3 Å². The van der Waals surface area contributed by atoms with Gasteiger partial charge in [0.05, 0.1) is 18.1 Å². The molecule has 2 heterocycles. The number of piperidine rings is 2. The second-order valence-corrected chi connectivity index (χ2v) is 6.91. The van der Waals surface area contributed by atoms with E-state index in [0.717, 1.165) is 29.8 Å². The molecule has 6 heteroatoms. The molecule has 3 atom stereocenters. The summed E-state index contributed by atoms with van der Waals surface area (Å²) in [5.41, 5.74) is 2.07. The van der Waals surface area contributed by atoms with Crippen LogP contribution in [0.5, 0.6) is 5.75 Å². The number of Topliss-reactive ketones (excluding diaryl/α,β-unsaturated/α-hetero) is 1. The van der Waals surface area contributed by atoms with Gasteiger partial charge in [0.2, 0.25) is 0 Å². The molecule has 3 aliphatic rings. The van der Waals surface area contributed by atoms with Crippen LogP contribution in [0.1, 0.15) is 30.9 Å². The number of carbonyl (C=O) groups is 1. The maximum Gasteiger partial charge on any atom is 0.269 e. The first-order valence-electron chi connectivity index (χ1n) is 8.78. The van der Waals surface area contributed by atoms with Crippen LogP contribution in [0.4, 0.5) is 11.4 Å².